The molecule has 158 valence electrons. The summed E-state index contributed by atoms with van der Waals surface area (Å²) in [5.74, 6) is 0.114. The van der Waals surface area contributed by atoms with Crippen molar-refractivity contribution in [3.8, 4) is 0 Å². The van der Waals surface area contributed by atoms with Crippen molar-refractivity contribution in [1.82, 2.24) is 5.32 Å². The Hall–Kier alpha value is -2.82. The van der Waals surface area contributed by atoms with Gasteiger partial charge in [-0.2, -0.15) is 0 Å². The minimum absolute atomic E-state index is 0.0717. The fourth-order valence-electron chi connectivity index (χ4n) is 4.18. The Morgan fingerprint density at radius 2 is 1.70 bits per heavy atom. The van der Waals surface area contributed by atoms with Crippen LogP contribution in [0.4, 0.5) is 11.4 Å². The Labute approximate surface area is 178 Å². The Balaban J connectivity index is 1.48. The van der Waals surface area contributed by atoms with Crippen molar-refractivity contribution >= 4 is 23.2 Å². The number of benzene rings is 2. The summed E-state index contributed by atoms with van der Waals surface area (Å²) in [6.07, 6.45) is 7.38. The van der Waals surface area contributed by atoms with Gasteiger partial charge in [-0.05, 0) is 62.3 Å². The van der Waals surface area contributed by atoms with Crippen LogP contribution in [0.25, 0.3) is 0 Å². The lowest BCUT2D eigenvalue weighted by Crippen LogP contribution is -2.33. The van der Waals surface area contributed by atoms with Crippen molar-refractivity contribution < 1.29 is 9.59 Å². The minimum atomic E-state index is -0.0775. The van der Waals surface area contributed by atoms with Crippen molar-refractivity contribution in [3.05, 3.63) is 59.7 Å². The summed E-state index contributed by atoms with van der Waals surface area (Å²) in [5.41, 5.74) is 3.53. The molecule has 2 N–H and O–H groups in total. The van der Waals surface area contributed by atoms with Gasteiger partial charge in [0.15, 0.2) is 0 Å². The third-order valence-corrected chi connectivity index (χ3v) is 6.22. The molecule has 1 aliphatic carbocycles. The van der Waals surface area contributed by atoms with Crippen molar-refractivity contribution in [2.24, 2.45) is 5.92 Å². The van der Waals surface area contributed by atoms with Gasteiger partial charge in [-0.15, -0.1) is 0 Å². The zero-order valence-corrected chi connectivity index (χ0v) is 17.5. The molecule has 30 heavy (non-hydrogen) atoms. The summed E-state index contributed by atoms with van der Waals surface area (Å²) in [6, 6.07) is 15.9. The van der Waals surface area contributed by atoms with Crippen LogP contribution in [0, 0.1) is 5.92 Å². The zero-order chi connectivity index (χ0) is 20.8. The van der Waals surface area contributed by atoms with E-state index in [0.717, 1.165) is 57.3 Å². The summed E-state index contributed by atoms with van der Waals surface area (Å²) in [7, 11) is 0. The minimum Gasteiger partial charge on any atom is -0.371 e. The Kier molecular flexibility index (Phi) is 6.67. The van der Waals surface area contributed by atoms with Crippen molar-refractivity contribution in [1.29, 1.82) is 0 Å². The Bertz CT molecular complexity index is 871. The van der Waals surface area contributed by atoms with Gasteiger partial charge >= 0.3 is 0 Å². The molecule has 4 rings (SSSR count). The van der Waals surface area contributed by atoms with E-state index in [4.69, 9.17) is 0 Å². The smallest absolute Gasteiger partial charge is 0.253 e. The first-order valence-corrected chi connectivity index (χ1v) is 11.2. The molecule has 1 heterocycles. The van der Waals surface area contributed by atoms with E-state index in [1.807, 2.05) is 36.4 Å². The molecular weight excluding hydrogens is 374 g/mol. The van der Waals surface area contributed by atoms with E-state index in [0.29, 0.717) is 17.8 Å². The number of anilines is 2. The van der Waals surface area contributed by atoms with Gasteiger partial charge in [-0.3, -0.25) is 9.59 Å². The number of hydrogen-bond acceptors (Lipinski definition) is 3. The van der Waals surface area contributed by atoms with Gasteiger partial charge in [-0.25, -0.2) is 0 Å². The van der Waals surface area contributed by atoms with Crippen LogP contribution in [-0.4, -0.2) is 31.4 Å². The quantitative estimate of drug-likeness (QED) is 0.718. The van der Waals surface area contributed by atoms with E-state index in [1.54, 1.807) is 0 Å². The molecule has 1 aliphatic heterocycles. The number of carbonyl (C=O) groups excluding carboxylic acids is 2. The van der Waals surface area contributed by atoms with Crippen LogP contribution < -0.4 is 15.5 Å². The van der Waals surface area contributed by atoms with E-state index in [9.17, 15) is 9.59 Å². The highest BCUT2D eigenvalue weighted by atomic mass is 16.2. The first-order valence-electron chi connectivity index (χ1n) is 11.2. The molecule has 0 bridgehead atoms. The van der Waals surface area contributed by atoms with Crippen LogP contribution >= 0.6 is 0 Å². The van der Waals surface area contributed by atoms with Crippen LogP contribution in [0.5, 0.6) is 0 Å². The molecule has 2 aliphatic rings. The molecular formula is C25H31N3O2. The summed E-state index contributed by atoms with van der Waals surface area (Å²) in [4.78, 5) is 27.8. The molecule has 2 aromatic carbocycles. The second-order valence-electron chi connectivity index (χ2n) is 8.39. The average molecular weight is 406 g/mol. The van der Waals surface area contributed by atoms with Crippen LogP contribution in [0.1, 0.15) is 54.4 Å². The summed E-state index contributed by atoms with van der Waals surface area (Å²) in [5, 5.41) is 6.09. The number of carbonyl (C=O) groups is 2. The van der Waals surface area contributed by atoms with E-state index in [2.05, 4.69) is 27.7 Å². The third-order valence-electron chi connectivity index (χ3n) is 6.22. The lowest BCUT2D eigenvalue weighted by atomic mass is 9.85. The van der Waals surface area contributed by atoms with Crippen molar-refractivity contribution in [2.45, 2.75) is 44.9 Å². The largest absolute Gasteiger partial charge is 0.371 e. The predicted octanol–water partition coefficient (Wildman–Crippen LogP) is 4.39. The number of hydrogen-bond donors (Lipinski definition) is 2. The highest BCUT2D eigenvalue weighted by molar-refractivity contribution is 6.02. The lowest BCUT2D eigenvalue weighted by Gasteiger charge is -2.31. The third kappa shape index (κ3) is 5.02. The monoisotopic (exact) mass is 405 g/mol. The highest BCUT2D eigenvalue weighted by Crippen LogP contribution is 2.30. The Morgan fingerprint density at radius 3 is 2.40 bits per heavy atom. The number of nitrogens with one attached hydrogen (secondary N) is 2. The maximum atomic E-state index is 13.1. The summed E-state index contributed by atoms with van der Waals surface area (Å²) >= 11 is 0. The average Bonchev–Trinajstić information content (AvgIpc) is 2.74. The second kappa shape index (κ2) is 9.79. The van der Waals surface area contributed by atoms with Crippen molar-refractivity contribution in [3.63, 3.8) is 0 Å². The fraction of sp³-hybridized carbons (Fsp3) is 0.440. The lowest BCUT2D eigenvalue weighted by molar-refractivity contribution is -0.122. The van der Waals surface area contributed by atoms with Crippen LogP contribution in [0.15, 0.2) is 48.5 Å². The molecule has 2 fully saturated rings. The van der Waals surface area contributed by atoms with Crippen LogP contribution in [-0.2, 0) is 11.2 Å². The van der Waals surface area contributed by atoms with Gasteiger partial charge in [0.2, 0.25) is 5.91 Å². The van der Waals surface area contributed by atoms with Gasteiger partial charge in [0.25, 0.3) is 5.91 Å². The van der Waals surface area contributed by atoms with Gasteiger partial charge in [0.1, 0.15) is 0 Å². The summed E-state index contributed by atoms with van der Waals surface area (Å²) in [6.45, 7) is 2.52. The van der Waals surface area contributed by atoms with Crippen LogP contribution in [0.2, 0.25) is 0 Å². The van der Waals surface area contributed by atoms with Gasteiger partial charge < -0.3 is 15.5 Å². The first kappa shape index (κ1) is 20.5. The Morgan fingerprint density at radius 1 is 0.933 bits per heavy atom. The maximum Gasteiger partial charge on any atom is 0.253 e. The highest BCUT2D eigenvalue weighted by Gasteiger charge is 2.26. The predicted molar refractivity (Wildman–Crippen MR) is 121 cm³/mol. The van der Waals surface area contributed by atoms with E-state index in [-0.39, 0.29) is 17.7 Å². The van der Waals surface area contributed by atoms with E-state index < -0.39 is 0 Å². The normalized spacial score (nSPS) is 16.6. The number of piperidine rings is 1. The number of rotatable bonds is 7. The first-order chi connectivity index (χ1) is 14.7. The molecule has 5 nitrogen and oxygen atoms in total. The second-order valence-corrected chi connectivity index (χ2v) is 8.39. The molecule has 2 amide bonds. The van der Waals surface area contributed by atoms with Gasteiger partial charge in [0, 0.05) is 36.9 Å². The molecule has 0 radical (unpaired) electrons. The SMILES string of the molecule is O=C(NCCc1ccccc1)c1cc(NC(=O)C2CCC2)ccc1N1CCCCC1. The van der Waals surface area contributed by atoms with Gasteiger partial charge in [-0.1, -0.05) is 36.8 Å². The fourth-order valence-corrected chi connectivity index (χ4v) is 4.18. The molecule has 1 saturated heterocycles. The van der Waals surface area contributed by atoms with E-state index >= 15 is 0 Å². The molecule has 0 unspecified atom stereocenters. The number of nitrogens with zero attached hydrogens (tertiary/aromatic N) is 1. The van der Waals surface area contributed by atoms with Gasteiger partial charge in [0.05, 0.1) is 5.56 Å². The molecule has 1 saturated carbocycles. The molecule has 0 aromatic heterocycles. The standard InChI is InChI=1S/C25H31N3O2/c29-24(20-10-7-11-20)27-21-12-13-23(28-16-5-2-6-17-28)22(18-21)25(30)26-15-14-19-8-3-1-4-9-19/h1,3-4,8-9,12-13,18,20H,2,5-7,10-11,14-17H2,(H,26,30)(H,27,29). The molecule has 0 atom stereocenters. The maximum absolute atomic E-state index is 13.1. The topological polar surface area (TPSA) is 61.4 Å². The van der Waals surface area contributed by atoms with Crippen molar-refractivity contribution in [2.75, 3.05) is 29.9 Å². The molecule has 0 spiro atoms. The molecule has 2 aromatic rings. The zero-order valence-electron chi connectivity index (χ0n) is 17.5. The van der Waals surface area contributed by atoms with Crippen LogP contribution in [0.3, 0.4) is 0 Å². The summed E-state index contributed by atoms with van der Waals surface area (Å²) < 4.78 is 0. The number of amides is 2. The van der Waals surface area contributed by atoms with E-state index in [1.165, 1.54) is 12.0 Å². The molecule has 5 heteroatoms.